The normalized spacial score (nSPS) is 12.3. The fourth-order valence-corrected chi connectivity index (χ4v) is 0.529. The molecule has 5 heteroatoms. The van der Waals surface area contributed by atoms with E-state index in [4.69, 9.17) is 11.6 Å². The minimum Gasteiger partial charge on any atom is -0.465 e. The lowest BCUT2D eigenvalue weighted by Gasteiger charge is -2.02. The van der Waals surface area contributed by atoms with Crippen molar-refractivity contribution in [3.8, 4) is 0 Å². The summed E-state index contributed by atoms with van der Waals surface area (Å²) in [6, 6.07) is 0. The number of carbonyl (C=O) groups excluding carboxylic acids is 2. The highest BCUT2D eigenvalue weighted by atomic mass is 79.9. The van der Waals surface area contributed by atoms with Crippen molar-refractivity contribution in [1.29, 1.82) is 0 Å². The predicted molar refractivity (Wildman–Crippen MR) is 40.2 cm³/mol. The lowest BCUT2D eigenvalue weighted by Crippen LogP contribution is -2.22. The van der Waals surface area contributed by atoms with Crippen molar-refractivity contribution in [1.82, 2.24) is 0 Å². The number of carbonyl (C=O) groups is 2. The Kier molecular flexibility index (Phi) is 4.64. The van der Waals surface area contributed by atoms with Crippen molar-refractivity contribution in [2.75, 3.05) is 6.61 Å². The molecule has 10 heavy (non-hydrogen) atoms. The van der Waals surface area contributed by atoms with Crippen LogP contribution in [0.25, 0.3) is 0 Å². The molecule has 0 saturated carbocycles. The van der Waals surface area contributed by atoms with Crippen LogP contribution in [0.15, 0.2) is 0 Å². The summed E-state index contributed by atoms with van der Waals surface area (Å²) in [4.78, 5) is 19.9. The van der Waals surface area contributed by atoms with Crippen LogP contribution in [0.5, 0.6) is 0 Å². The maximum atomic E-state index is 10.6. The first-order valence-electron chi connectivity index (χ1n) is 2.59. The monoisotopic (exact) mass is 228 g/mol. The first-order valence-corrected chi connectivity index (χ1v) is 3.89. The highest BCUT2D eigenvalue weighted by molar-refractivity contribution is 9.10. The zero-order valence-electron chi connectivity index (χ0n) is 5.27. The standard InChI is InChI=1S/C5H6BrClO3/c1-2-10-5(9)3(6)4(7)8/h3H,2H2,1H3. The van der Waals surface area contributed by atoms with Crippen LogP contribution >= 0.6 is 27.5 Å². The van der Waals surface area contributed by atoms with Crippen LogP contribution in [-0.2, 0) is 14.3 Å². The number of esters is 1. The van der Waals surface area contributed by atoms with Crippen molar-refractivity contribution in [2.24, 2.45) is 0 Å². The number of rotatable bonds is 3. The maximum Gasteiger partial charge on any atom is 0.328 e. The van der Waals surface area contributed by atoms with Gasteiger partial charge in [-0.15, -0.1) is 0 Å². The first-order chi connectivity index (χ1) is 4.59. The maximum absolute atomic E-state index is 10.6. The van der Waals surface area contributed by atoms with Gasteiger partial charge in [-0.3, -0.25) is 9.59 Å². The fraction of sp³-hybridized carbons (Fsp3) is 0.600. The average molecular weight is 229 g/mol. The molecular formula is C5H6BrClO3. The van der Waals surface area contributed by atoms with E-state index in [-0.39, 0.29) is 6.61 Å². The van der Waals surface area contributed by atoms with Gasteiger partial charge in [0.15, 0.2) is 4.83 Å². The lowest BCUT2D eigenvalue weighted by molar-refractivity contribution is -0.143. The van der Waals surface area contributed by atoms with Gasteiger partial charge < -0.3 is 4.74 Å². The van der Waals surface area contributed by atoms with Gasteiger partial charge in [-0.1, -0.05) is 15.9 Å². The van der Waals surface area contributed by atoms with Crippen LogP contribution in [0.3, 0.4) is 0 Å². The molecule has 0 radical (unpaired) electrons. The highest BCUT2D eigenvalue weighted by Gasteiger charge is 2.22. The summed E-state index contributed by atoms with van der Waals surface area (Å²) in [6.45, 7) is 1.89. The predicted octanol–water partition coefficient (Wildman–Crippen LogP) is 1.08. The second-order valence-electron chi connectivity index (χ2n) is 1.42. The summed E-state index contributed by atoms with van der Waals surface area (Å²) in [6.07, 6.45) is 0. The SMILES string of the molecule is CCOC(=O)C(Br)C(=O)Cl. The Morgan fingerprint density at radius 1 is 1.70 bits per heavy atom. The lowest BCUT2D eigenvalue weighted by atomic mass is 10.5. The van der Waals surface area contributed by atoms with Gasteiger partial charge in [0, 0.05) is 0 Å². The average Bonchev–Trinajstić information content (AvgIpc) is 1.87. The van der Waals surface area contributed by atoms with Crippen LogP contribution in [0, 0.1) is 0 Å². The van der Waals surface area contributed by atoms with Gasteiger partial charge in [-0.2, -0.15) is 0 Å². The Morgan fingerprint density at radius 3 is 2.50 bits per heavy atom. The molecule has 0 fully saturated rings. The molecular weight excluding hydrogens is 223 g/mol. The second kappa shape index (κ2) is 4.68. The minimum atomic E-state index is -1.03. The molecule has 0 heterocycles. The quantitative estimate of drug-likeness (QED) is 0.315. The third kappa shape index (κ3) is 3.17. The molecule has 0 bridgehead atoms. The van der Waals surface area contributed by atoms with Crippen LogP contribution in [0.2, 0.25) is 0 Å². The molecule has 0 N–H and O–H groups in total. The van der Waals surface area contributed by atoms with Crippen molar-refractivity contribution in [3.63, 3.8) is 0 Å². The number of halogens is 2. The van der Waals surface area contributed by atoms with E-state index in [0.717, 1.165) is 0 Å². The summed E-state index contributed by atoms with van der Waals surface area (Å²) >= 11 is 7.72. The van der Waals surface area contributed by atoms with E-state index in [9.17, 15) is 9.59 Å². The van der Waals surface area contributed by atoms with Gasteiger partial charge in [0.2, 0.25) is 5.24 Å². The van der Waals surface area contributed by atoms with E-state index in [0.29, 0.717) is 0 Å². The summed E-state index contributed by atoms with van der Waals surface area (Å²) in [5, 5.41) is -0.765. The van der Waals surface area contributed by atoms with Crippen molar-refractivity contribution < 1.29 is 14.3 Å². The Hall–Kier alpha value is -0.0900. The van der Waals surface area contributed by atoms with E-state index < -0.39 is 16.0 Å². The van der Waals surface area contributed by atoms with Crippen LogP contribution in [-0.4, -0.2) is 22.6 Å². The zero-order chi connectivity index (χ0) is 8.15. The smallest absolute Gasteiger partial charge is 0.328 e. The molecule has 0 spiro atoms. The van der Waals surface area contributed by atoms with Gasteiger partial charge >= 0.3 is 5.97 Å². The Labute approximate surface area is 71.8 Å². The van der Waals surface area contributed by atoms with Gasteiger partial charge in [0.05, 0.1) is 6.61 Å². The van der Waals surface area contributed by atoms with E-state index in [1.165, 1.54) is 0 Å². The van der Waals surface area contributed by atoms with Crippen molar-refractivity contribution >= 4 is 38.7 Å². The van der Waals surface area contributed by atoms with Crippen LogP contribution < -0.4 is 0 Å². The van der Waals surface area contributed by atoms with Crippen LogP contribution in [0.1, 0.15) is 6.92 Å². The Bertz CT molecular complexity index is 148. The summed E-state index contributed by atoms with van der Waals surface area (Å²) in [7, 11) is 0. The van der Waals surface area contributed by atoms with Crippen molar-refractivity contribution in [3.05, 3.63) is 0 Å². The largest absolute Gasteiger partial charge is 0.465 e. The molecule has 0 aromatic heterocycles. The summed E-state index contributed by atoms with van der Waals surface area (Å²) in [5.74, 6) is -0.650. The van der Waals surface area contributed by atoms with E-state index in [1.807, 2.05) is 0 Å². The molecule has 0 aliphatic carbocycles. The third-order valence-corrected chi connectivity index (χ3v) is 1.96. The first kappa shape index (κ1) is 9.91. The summed E-state index contributed by atoms with van der Waals surface area (Å²) in [5.41, 5.74) is 0. The highest BCUT2D eigenvalue weighted by Crippen LogP contribution is 2.05. The molecule has 0 aromatic carbocycles. The van der Waals surface area contributed by atoms with Crippen molar-refractivity contribution in [2.45, 2.75) is 11.8 Å². The Morgan fingerprint density at radius 2 is 2.20 bits per heavy atom. The molecule has 0 aliphatic heterocycles. The molecule has 0 amide bonds. The molecule has 3 nitrogen and oxygen atoms in total. The number of hydrogen-bond donors (Lipinski definition) is 0. The molecule has 0 rings (SSSR count). The topological polar surface area (TPSA) is 43.4 Å². The summed E-state index contributed by atoms with van der Waals surface area (Å²) < 4.78 is 4.47. The second-order valence-corrected chi connectivity index (χ2v) is 2.71. The fourth-order valence-electron chi connectivity index (χ4n) is 0.308. The van der Waals surface area contributed by atoms with Gasteiger partial charge in [-0.05, 0) is 18.5 Å². The molecule has 1 unspecified atom stereocenters. The van der Waals surface area contributed by atoms with E-state index in [2.05, 4.69) is 20.7 Å². The number of hydrogen-bond acceptors (Lipinski definition) is 3. The molecule has 0 aromatic rings. The molecule has 58 valence electrons. The van der Waals surface area contributed by atoms with Gasteiger partial charge in [0.25, 0.3) is 0 Å². The van der Waals surface area contributed by atoms with Gasteiger partial charge in [-0.25, -0.2) is 0 Å². The Balaban J connectivity index is 3.82. The van der Waals surface area contributed by atoms with Crippen LogP contribution in [0.4, 0.5) is 0 Å². The van der Waals surface area contributed by atoms with E-state index >= 15 is 0 Å². The van der Waals surface area contributed by atoms with E-state index in [1.54, 1.807) is 6.92 Å². The van der Waals surface area contributed by atoms with Gasteiger partial charge in [0.1, 0.15) is 0 Å². The molecule has 0 aliphatic rings. The molecule has 1 atom stereocenters. The minimum absolute atomic E-state index is 0.241. The number of alkyl halides is 1. The zero-order valence-corrected chi connectivity index (χ0v) is 7.61. The third-order valence-electron chi connectivity index (χ3n) is 0.693. The molecule has 0 saturated heterocycles. The number of ether oxygens (including phenoxy) is 1.